The summed E-state index contributed by atoms with van der Waals surface area (Å²) < 4.78 is 6.89. The molecule has 0 spiro atoms. The van der Waals surface area contributed by atoms with Gasteiger partial charge >= 0.3 is 0 Å². The van der Waals surface area contributed by atoms with Crippen LogP contribution in [0.4, 0.5) is 0 Å². The summed E-state index contributed by atoms with van der Waals surface area (Å²) >= 11 is 3.47. The Morgan fingerprint density at radius 2 is 2.12 bits per heavy atom. The zero-order valence-corrected chi connectivity index (χ0v) is 11.8. The van der Waals surface area contributed by atoms with Gasteiger partial charge in [-0.05, 0) is 37.6 Å². The first-order valence-corrected chi connectivity index (χ1v) is 6.48. The molecule has 2 nitrogen and oxygen atoms in total. The smallest absolute Gasteiger partial charge is 0.123 e. The summed E-state index contributed by atoms with van der Waals surface area (Å²) in [7, 11) is 1.94. The van der Waals surface area contributed by atoms with Crippen LogP contribution in [0.25, 0.3) is 0 Å². The fourth-order valence-corrected chi connectivity index (χ4v) is 1.83. The van der Waals surface area contributed by atoms with Gasteiger partial charge in [-0.2, -0.15) is 0 Å². The van der Waals surface area contributed by atoms with E-state index in [1.54, 1.807) is 0 Å². The Morgan fingerprint density at radius 3 is 2.75 bits per heavy atom. The minimum Gasteiger partial charge on any atom is -0.493 e. The molecule has 0 saturated carbocycles. The molecule has 0 saturated heterocycles. The average molecular weight is 286 g/mol. The van der Waals surface area contributed by atoms with E-state index in [9.17, 15) is 0 Å². The summed E-state index contributed by atoms with van der Waals surface area (Å²) in [4.78, 5) is 0. The van der Waals surface area contributed by atoms with Crippen LogP contribution < -0.4 is 10.1 Å². The first-order chi connectivity index (χ1) is 7.63. The number of benzene rings is 1. The minimum absolute atomic E-state index is 0.684. The van der Waals surface area contributed by atoms with E-state index >= 15 is 0 Å². The van der Waals surface area contributed by atoms with Crippen molar-refractivity contribution in [2.75, 3.05) is 13.7 Å². The molecular formula is C13H20BrNO. The number of rotatable bonds is 6. The molecule has 3 heteroatoms. The fraction of sp³-hybridized carbons (Fsp3) is 0.538. The SMILES string of the molecule is CNCc1cc(Br)ccc1OCCC(C)C. The van der Waals surface area contributed by atoms with Gasteiger partial charge in [0.15, 0.2) is 0 Å². The van der Waals surface area contributed by atoms with E-state index in [0.29, 0.717) is 5.92 Å². The van der Waals surface area contributed by atoms with Crippen LogP contribution in [0, 0.1) is 5.92 Å². The Labute approximate surface area is 107 Å². The maximum atomic E-state index is 5.79. The van der Waals surface area contributed by atoms with Gasteiger partial charge in [0.05, 0.1) is 6.61 Å². The molecular weight excluding hydrogens is 266 g/mol. The lowest BCUT2D eigenvalue weighted by Gasteiger charge is -2.12. The Kier molecular flexibility index (Phi) is 5.85. The third kappa shape index (κ3) is 4.54. The van der Waals surface area contributed by atoms with Gasteiger partial charge in [0.2, 0.25) is 0 Å². The average Bonchev–Trinajstić information content (AvgIpc) is 2.21. The normalized spacial score (nSPS) is 10.8. The van der Waals surface area contributed by atoms with Crippen LogP contribution >= 0.6 is 15.9 Å². The van der Waals surface area contributed by atoms with Crippen LogP contribution in [0.15, 0.2) is 22.7 Å². The standard InChI is InChI=1S/C13H20BrNO/c1-10(2)6-7-16-13-5-4-12(14)8-11(13)9-15-3/h4-5,8,10,15H,6-7,9H2,1-3H3. The van der Waals surface area contributed by atoms with Gasteiger partial charge in [0, 0.05) is 16.6 Å². The first kappa shape index (κ1) is 13.5. The van der Waals surface area contributed by atoms with E-state index in [1.165, 1.54) is 5.56 Å². The molecule has 0 aromatic heterocycles. The molecule has 0 aliphatic rings. The second-order valence-electron chi connectivity index (χ2n) is 4.31. The highest BCUT2D eigenvalue weighted by Gasteiger charge is 2.04. The van der Waals surface area contributed by atoms with E-state index in [2.05, 4.69) is 41.2 Å². The van der Waals surface area contributed by atoms with Crippen molar-refractivity contribution in [3.8, 4) is 5.75 Å². The van der Waals surface area contributed by atoms with Crippen LogP contribution in [0.3, 0.4) is 0 Å². The topological polar surface area (TPSA) is 21.3 Å². The molecule has 0 atom stereocenters. The number of halogens is 1. The summed E-state index contributed by atoms with van der Waals surface area (Å²) in [5.74, 6) is 1.67. The second-order valence-corrected chi connectivity index (χ2v) is 5.23. The second kappa shape index (κ2) is 6.92. The van der Waals surface area contributed by atoms with E-state index in [0.717, 1.165) is 29.8 Å². The van der Waals surface area contributed by atoms with Gasteiger partial charge in [-0.1, -0.05) is 29.8 Å². The maximum Gasteiger partial charge on any atom is 0.123 e. The van der Waals surface area contributed by atoms with E-state index < -0.39 is 0 Å². The molecule has 1 N–H and O–H groups in total. The molecule has 0 heterocycles. The van der Waals surface area contributed by atoms with Gasteiger partial charge in [-0.25, -0.2) is 0 Å². The minimum atomic E-state index is 0.684. The molecule has 0 fully saturated rings. The zero-order chi connectivity index (χ0) is 12.0. The Bertz CT molecular complexity index is 326. The molecule has 0 aliphatic carbocycles. The van der Waals surface area contributed by atoms with Crippen molar-refractivity contribution >= 4 is 15.9 Å². The summed E-state index contributed by atoms with van der Waals surface area (Å²) in [5, 5.41) is 3.15. The van der Waals surface area contributed by atoms with Gasteiger partial charge in [-0.15, -0.1) is 0 Å². The molecule has 90 valence electrons. The number of hydrogen-bond acceptors (Lipinski definition) is 2. The van der Waals surface area contributed by atoms with Gasteiger partial charge in [-0.3, -0.25) is 0 Å². The fourth-order valence-electron chi connectivity index (χ4n) is 1.42. The number of hydrogen-bond donors (Lipinski definition) is 1. The van der Waals surface area contributed by atoms with Gasteiger partial charge in [0.1, 0.15) is 5.75 Å². The zero-order valence-electron chi connectivity index (χ0n) is 10.2. The lowest BCUT2D eigenvalue weighted by molar-refractivity contribution is 0.286. The third-order valence-corrected chi connectivity index (χ3v) is 2.84. The first-order valence-electron chi connectivity index (χ1n) is 5.69. The molecule has 1 rings (SSSR count). The highest BCUT2D eigenvalue weighted by Crippen LogP contribution is 2.23. The predicted octanol–water partition coefficient (Wildman–Crippen LogP) is 3.59. The monoisotopic (exact) mass is 285 g/mol. The molecule has 0 bridgehead atoms. The summed E-state index contributed by atoms with van der Waals surface area (Å²) in [6.45, 7) is 6.03. The largest absolute Gasteiger partial charge is 0.493 e. The quantitative estimate of drug-likeness (QED) is 0.862. The van der Waals surface area contributed by atoms with Crippen LogP contribution in [-0.4, -0.2) is 13.7 Å². The van der Waals surface area contributed by atoms with Crippen molar-refractivity contribution in [1.29, 1.82) is 0 Å². The van der Waals surface area contributed by atoms with E-state index in [-0.39, 0.29) is 0 Å². The summed E-state index contributed by atoms with van der Waals surface area (Å²) in [6, 6.07) is 6.14. The lowest BCUT2D eigenvalue weighted by Crippen LogP contribution is -2.09. The van der Waals surface area contributed by atoms with Crippen molar-refractivity contribution in [2.45, 2.75) is 26.8 Å². The maximum absolute atomic E-state index is 5.79. The van der Waals surface area contributed by atoms with Crippen LogP contribution in [0.2, 0.25) is 0 Å². The van der Waals surface area contributed by atoms with Crippen molar-refractivity contribution < 1.29 is 4.74 Å². The Hall–Kier alpha value is -0.540. The van der Waals surface area contributed by atoms with Crippen LogP contribution in [-0.2, 0) is 6.54 Å². The highest BCUT2D eigenvalue weighted by atomic mass is 79.9. The molecule has 16 heavy (non-hydrogen) atoms. The molecule has 0 unspecified atom stereocenters. The Balaban J connectivity index is 2.63. The predicted molar refractivity (Wildman–Crippen MR) is 71.9 cm³/mol. The molecule has 0 amide bonds. The van der Waals surface area contributed by atoms with Crippen molar-refractivity contribution in [3.63, 3.8) is 0 Å². The molecule has 1 aromatic carbocycles. The molecule has 1 aromatic rings. The molecule has 0 aliphatic heterocycles. The van der Waals surface area contributed by atoms with Crippen molar-refractivity contribution in [1.82, 2.24) is 5.32 Å². The van der Waals surface area contributed by atoms with E-state index in [1.807, 2.05) is 19.2 Å². The van der Waals surface area contributed by atoms with Crippen LogP contribution in [0.1, 0.15) is 25.8 Å². The van der Waals surface area contributed by atoms with Crippen LogP contribution in [0.5, 0.6) is 5.75 Å². The lowest BCUT2D eigenvalue weighted by atomic mass is 10.1. The summed E-state index contributed by atoms with van der Waals surface area (Å²) in [5.41, 5.74) is 1.20. The number of nitrogens with one attached hydrogen (secondary N) is 1. The van der Waals surface area contributed by atoms with E-state index in [4.69, 9.17) is 4.74 Å². The van der Waals surface area contributed by atoms with Gasteiger partial charge < -0.3 is 10.1 Å². The Morgan fingerprint density at radius 1 is 1.38 bits per heavy atom. The third-order valence-electron chi connectivity index (χ3n) is 2.34. The summed E-state index contributed by atoms with van der Waals surface area (Å²) in [6.07, 6.45) is 1.09. The highest BCUT2D eigenvalue weighted by molar-refractivity contribution is 9.10. The van der Waals surface area contributed by atoms with Crippen molar-refractivity contribution in [3.05, 3.63) is 28.2 Å². The van der Waals surface area contributed by atoms with Gasteiger partial charge in [0.25, 0.3) is 0 Å². The number of ether oxygens (including phenoxy) is 1. The molecule has 0 radical (unpaired) electrons. The van der Waals surface area contributed by atoms with Crippen molar-refractivity contribution in [2.24, 2.45) is 5.92 Å².